The van der Waals surface area contributed by atoms with E-state index in [0.717, 1.165) is 28.2 Å². The van der Waals surface area contributed by atoms with Gasteiger partial charge < -0.3 is 4.90 Å². The van der Waals surface area contributed by atoms with Crippen LogP contribution < -0.4 is 4.90 Å². The lowest BCUT2D eigenvalue weighted by Crippen LogP contribution is -2.16. The van der Waals surface area contributed by atoms with Crippen LogP contribution >= 0.6 is 0 Å². The summed E-state index contributed by atoms with van der Waals surface area (Å²) >= 11 is 0. The second kappa shape index (κ2) is 9.57. The van der Waals surface area contributed by atoms with Gasteiger partial charge in [-0.25, -0.2) is 0 Å². The van der Waals surface area contributed by atoms with E-state index in [1.807, 2.05) is 43.3 Å². The molecule has 0 amide bonds. The summed E-state index contributed by atoms with van der Waals surface area (Å²) in [5.74, 6) is 0. The summed E-state index contributed by atoms with van der Waals surface area (Å²) in [6.07, 6.45) is 6.02. The first-order valence-electron chi connectivity index (χ1n) is 9.81. The Labute approximate surface area is 174 Å². The zero-order chi connectivity index (χ0) is 20.6. The molecule has 0 aliphatic heterocycles. The first-order chi connectivity index (χ1) is 14.1. The molecule has 0 N–H and O–H groups in total. The molecule has 0 bridgehead atoms. The number of rotatable bonds is 7. The Balaban J connectivity index is 2.01. The van der Waals surface area contributed by atoms with Crippen molar-refractivity contribution in [2.24, 2.45) is 0 Å². The second-order valence-corrected chi connectivity index (χ2v) is 6.85. The largest absolute Gasteiger partial charge is 0.311 e. The number of nitrogens with zero attached hydrogens (tertiary/aromatic N) is 1. The first-order valence-corrected chi connectivity index (χ1v) is 9.81. The number of hydrogen-bond acceptors (Lipinski definition) is 1. The third kappa shape index (κ3) is 4.83. The molecular formula is C28H27N. The topological polar surface area (TPSA) is 3.24 Å². The number of benzene rings is 3. The zero-order valence-electron chi connectivity index (χ0n) is 17.2. The third-order valence-corrected chi connectivity index (χ3v) is 4.92. The quantitative estimate of drug-likeness (QED) is 0.376. The van der Waals surface area contributed by atoms with Crippen LogP contribution in [-0.2, 0) is 0 Å². The van der Waals surface area contributed by atoms with Crippen LogP contribution in [0.2, 0.25) is 0 Å². The van der Waals surface area contributed by atoms with Crippen LogP contribution in [0.5, 0.6) is 0 Å². The van der Waals surface area contributed by atoms with Crippen LogP contribution in [0.25, 0.3) is 11.1 Å². The van der Waals surface area contributed by atoms with Crippen molar-refractivity contribution in [1.29, 1.82) is 0 Å². The van der Waals surface area contributed by atoms with Crippen molar-refractivity contribution in [3.8, 4) is 11.1 Å². The van der Waals surface area contributed by atoms with Gasteiger partial charge in [-0.2, -0.15) is 0 Å². The SMILES string of the molecule is C=CC(=C/C)/C=C(/C)C(=C)N(c1ccccc1)c1ccc(-c2ccccc2)cc1. The zero-order valence-corrected chi connectivity index (χ0v) is 17.2. The summed E-state index contributed by atoms with van der Waals surface area (Å²) in [6, 6.07) is 29.4. The van der Waals surface area contributed by atoms with Crippen molar-refractivity contribution in [2.45, 2.75) is 13.8 Å². The van der Waals surface area contributed by atoms with Crippen molar-refractivity contribution in [3.63, 3.8) is 0 Å². The van der Waals surface area contributed by atoms with Gasteiger partial charge in [-0.15, -0.1) is 0 Å². The van der Waals surface area contributed by atoms with E-state index in [1.165, 1.54) is 11.1 Å². The van der Waals surface area contributed by atoms with Gasteiger partial charge in [0, 0.05) is 17.1 Å². The molecule has 1 heteroatoms. The number of allylic oxidation sites excluding steroid dienone is 5. The molecule has 29 heavy (non-hydrogen) atoms. The highest BCUT2D eigenvalue weighted by atomic mass is 15.1. The average molecular weight is 378 g/mol. The highest BCUT2D eigenvalue weighted by Gasteiger charge is 2.14. The molecule has 0 spiro atoms. The lowest BCUT2D eigenvalue weighted by atomic mass is 10.0. The molecule has 0 saturated heterocycles. The fraction of sp³-hybridized carbons (Fsp3) is 0.0714. The van der Waals surface area contributed by atoms with Crippen molar-refractivity contribution in [1.82, 2.24) is 0 Å². The van der Waals surface area contributed by atoms with Gasteiger partial charge in [0.15, 0.2) is 0 Å². The van der Waals surface area contributed by atoms with Crippen molar-refractivity contribution >= 4 is 11.4 Å². The monoisotopic (exact) mass is 377 g/mol. The Hall–Kier alpha value is -3.58. The summed E-state index contributed by atoms with van der Waals surface area (Å²) in [5, 5.41) is 0. The van der Waals surface area contributed by atoms with E-state index in [4.69, 9.17) is 0 Å². The van der Waals surface area contributed by atoms with Crippen molar-refractivity contribution in [3.05, 3.63) is 133 Å². The molecule has 3 aromatic carbocycles. The highest BCUT2D eigenvalue weighted by Crippen LogP contribution is 2.33. The molecule has 3 rings (SSSR count). The van der Waals surface area contributed by atoms with Crippen LogP contribution in [0, 0.1) is 0 Å². The van der Waals surface area contributed by atoms with Crippen LogP contribution in [0.4, 0.5) is 11.4 Å². The van der Waals surface area contributed by atoms with E-state index in [2.05, 4.69) is 91.7 Å². The number of hydrogen-bond donors (Lipinski definition) is 0. The van der Waals surface area contributed by atoms with Crippen molar-refractivity contribution in [2.75, 3.05) is 4.90 Å². The van der Waals surface area contributed by atoms with Gasteiger partial charge in [0.1, 0.15) is 0 Å². The average Bonchev–Trinajstić information content (AvgIpc) is 2.79. The second-order valence-electron chi connectivity index (χ2n) is 6.85. The van der Waals surface area contributed by atoms with E-state index in [-0.39, 0.29) is 0 Å². The van der Waals surface area contributed by atoms with E-state index >= 15 is 0 Å². The Kier molecular flexibility index (Phi) is 6.65. The van der Waals surface area contributed by atoms with E-state index in [9.17, 15) is 0 Å². The smallest absolute Gasteiger partial charge is 0.0461 e. The van der Waals surface area contributed by atoms with Crippen LogP contribution in [0.15, 0.2) is 133 Å². The molecule has 0 atom stereocenters. The predicted molar refractivity (Wildman–Crippen MR) is 127 cm³/mol. The lowest BCUT2D eigenvalue weighted by Gasteiger charge is -2.28. The summed E-state index contributed by atoms with van der Waals surface area (Å²) in [5.41, 5.74) is 7.68. The lowest BCUT2D eigenvalue weighted by molar-refractivity contribution is 1.16. The normalized spacial score (nSPS) is 11.8. The molecule has 3 aromatic rings. The summed E-state index contributed by atoms with van der Waals surface area (Å²) in [7, 11) is 0. The molecule has 0 aromatic heterocycles. The van der Waals surface area contributed by atoms with Gasteiger partial charge in [-0.1, -0.05) is 92.0 Å². The molecule has 0 heterocycles. The number of anilines is 2. The fourth-order valence-electron chi connectivity index (χ4n) is 3.24. The van der Waals surface area contributed by atoms with Crippen LogP contribution in [-0.4, -0.2) is 0 Å². The molecular weight excluding hydrogens is 350 g/mol. The maximum atomic E-state index is 4.41. The van der Waals surface area contributed by atoms with Crippen LogP contribution in [0.3, 0.4) is 0 Å². The molecule has 0 aliphatic rings. The Morgan fingerprint density at radius 2 is 1.28 bits per heavy atom. The summed E-state index contributed by atoms with van der Waals surface area (Å²) < 4.78 is 0. The Morgan fingerprint density at radius 1 is 0.759 bits per heavy atom. The Bertz CT molecular complexity index is 1020. The van der Waals surface area contributed by atoms with Crippen molar-refractivity contribution < 1.29 is 0 Å². The molecule has 0 aliphatic carbocycles. The first kappa shape index (κ1) is 20.2. The number of para-hydroxylation sites is 1. The molecule has 0 radical (unpaired) electrons. The van der Waals surface area contributed by atoms with Gasteiger partial charge in [0.25, 0.3) is 0 Å². The minimum atomic E-state index is 0.935. The fourth-order valence-corrected chi connectivity index (χ4v) is 3.24. The summed E-state index contributed by atoms with van der Waals surface area (Å²) in [4.78, 5) is 2.19. The molecule has 144 valence electrons. The van der Waals surface area contributed by atoms with E-state index in [1.54, 1.807) is 0 Å². The maximum Gasteiger partial charge on any atom is 0.0461 e. The van der Waals surface area contributed by atoms with E-state index in [0.29, 0.717) is 0 Å². The third-order valence-electron chi connectivity index (χ3n) is 4.92. The predicted octanol–water partition coefficient (Wildman–Crippen LogP) is 8.08. The van der Waals surface area contributed by atoms with Gasteiger partial charge >= 0.3 is 0 Å². The van der Waals surface area contributed by atoms with Crippen LogP contribution in [0.1, 0.15) is 13.8 Å². The van der Waals surface area contributed by atoms with E-state index < -0.39 is 0 Å². The van der Waals surface area contributed by atoms with Gasteiger partial charge in [0.05, 0.1) is 0 Å². The maximum absolute atomic E-state index is 4.41. The minimum Gasteiger partial charge on any atom is -0.311 e. The highest BCUT2D eigenvalue weighted by molar-refractivity contribution is 5.74. The summed E-state index contributed by atoms with van der Waals surface area (Å²) in [6.45, 7) is 12.4. The Morgan fingerprint density at radius 3 is 1.83 bits per heavy atom. The molecule has 0 saturated carbocycles. The molecule has 0 unspecified atom stereocenters. The molecule has 0 fully saturated rings. The standard InChI is InChI=1S/C28H27N/c1-5-24(6-2)21-22(3)23(4)29(27-15-11-8-12-16-27)28-19-17-26(18-20-28)25-13-9-7-10-14-25/h5-21H,1,4H2,2-3H3/b22-21-,24-6-. The van der Waals surface area contributed by atoms with Gasteiger partial charge in [-0.3, -0.25) is 0 Å². The van der Waals surface area contributed by atoms with Gasteiger partial charge in [-0.05, 0) is 60.4 Å². The minimum absolute atomic E-state index is 0.935. The molecule has 1 nitrogen and oxygen atoms in total. The van der Waals surface area contributed by atoms with Gasteiger partial charge in [0.2, 0.25) is 0 Å².